The van der Waals surface area contributed by atoms with E-state index < -0.39 is 10.2 Å². The fraction of sp³-hybridized carbons (Fsp3) is 1.00. The summed E-state index contributed by atoms with van der Waals surface area (Å²) in [7, 11) is -3.47. The van der Waals surface area contributed by atoms with Crippen LogP contribution in [0.1, 0.15) is 19.3 Å². The van der Waals surface area contributed by atoms with Crippen molar-refractivity contribution in [3.8, 4) is 0 Å². The summed E-state index contributed by atoms with van der Waals surface area (Å²) >= 11 is 1.80. The number of hydrogen-bond donors (Lipinski definition) is 2. The summed E-state index contributed by atoms with van der Waals surface area (Å²) in [6.45, 7) is 0.452. The first kappa shape index (κ1) is 12.2. The van der Waals surface area contributed by atoms with Crippen molar-refractivity contribution in [2.45, 2.75) is 19.3 Å². The maximum absolute atomic E-state index is 10.4. The van der Waals surface area contributed by atoms with Crippen LogP contribution < -0.4 is 9.86 Å². The van der Waals surface area contributed by atoms with Crippen LogP contribution in [-0.4, -0.2) is 27.0 Å². The van der Waals surface area contributed by atoms with E-state index in [4.69, 9.17) is 5.14 Å². The highest BCUT2D eigenvalue weighted by molar-refractivity contribution is 7.98. The van der Waals surface area contributed by atoms with Crippen LogP contribution in [-0.2, 0) is 10.2 Å². The van der Waals surface area contributed by atoms with Crippen LogP contribution in [0.15, 0.2) is 0 Å². The van der Waals surface area contributed by atoms with Gasteiger partial charge in [-0.25, -0.2) is 9.86 Å². The Labute approximate surface area is 78.5 Å². The number of nitrogens with one attached hydrogen (secondary N) is 1. The van der Waals surface area contributed by atoms with Gasteiger partial charge in [0.2, 0.25) is 0 Å². The first-order chi connectivity index (χ1) is 5.56. The second kappa shape index (κ2) is 6.71. The number of rotatable bonds is 7. The quantitative estimate of drug-likeness (QED) is 0.597. The fourth-order valence-electron chi connectivity index (χ4n) is 0.763. The van der Waals surface area contributed by atoms with Crippen LogP contribution in [0.2, 0.25) is 0 Å². The van der Waals surface area contributed by atoms with Crippen LogP contribution in [0, 0.1) is 0 Å². The maximum Gasteiger partial charge on any atom is 0.274 e. The molecular weight excluding hydrogens is 196 g/mol. The lowest BCUT2D eigenvalue weighted by molar-refractivity contribution is 0.578. The van der Waals surface area contributed by atoms with Crippen LogP contribution in [0.5, 0.6) is 0 Å². The normalized spacial score (nSPS) is 11.8. The van der Waals surface area contributed by atoms with Gasteiger partial charge in [-0.1, -0.05) is 6.42 Å². The summed E-state index contributed by atoms with van der Waals surface area (Å²) in [5.41, 5.74) is 0. The molecule has 0 radical (unpaired) electrons. The highest BCUT2D eigenvalue weighted by Crippen LogP contribution is 2.01. The van der Waals surface area contributed by atoms with E-state index >= 15 is 0 Å². The molecule has 0 aliphatic carbocycles. The van der Waals surface area contributed by atoms with Gasteiger partial charge in [0.1, 0.15) is 0 Å². The Balaban J connectivity index is 3.12. The maximum atomic E-state index is 10.4. The predicted molar refractivity (Wildman–Crippen MR) is 53.3 cm³/mol. The van der Waals surface area contributed by atoms with Gasteiger partial charge in [0.25, 0.3) is 10.2 Å². The van der Waals surface area contributed by atoms with Crippen molar-refractivity contribution >= 4 is 22.0 Å². The molecule has 12 heavy (non-hydrogen) atoms. The first-order valence-corrected chi connectivity index (χ1v) is 6.76. The molecule has 74 valence electrons. The third-order valence-corrected chi connectivity index (χ3v) is 2.63. The fourth-order valence-corrected chi connectivity index (χ4v) is 1.68. The zero-order valence-corrected chi connectivity index (χ0v) is 8.88. The van der Waals surface area contributed by atoms with E-state index in [1.165, 1.54) is 0 Å². The average molecular weight is 212 g/mol. The molecule has 0 heterocycles. The Morgan fingerprint density at radius 3 is 2.50 bits per heavy atom. The molecule has 0 aromatic heterocycles. The topological polar surface area (TPSA) is 72.2 Å². The molecule has 0 aromatic carbocycles. The lowest BCUT2D eigenvalue weighted by Crippen LogP contribution is -2.31. The molecule has 0 saturated heterocycles. The van der Waals surface area contributed by atoms with E-state index in [1.807, 2.05) is 0 Å². The van der Waals surface area contributed by atoms with Crippen molar-refractivity contribution in [1.29, 1.82) is 0 Å². The van der Waals surface area contributed by atoms with Crippen molar-refractivity contribution < 1.29 is 8.42 Å². The van der Waals surface area contributed by atoms with Crippen molar-refractivity contribution in [2.75, 3.05) is 18.6 Å². The third kappa shape index (κ3) is 10.2. The first-order valence-electron chi connectivity index (χ1n) is 3.82. The second-order valence-electron chi connectivity index (χ2n) is 2.49. The van der Waals surface area contributed by atoms with Gasteiger partial charge < -0.3 is 0 Å². The highest BCUT2D eigenvalue weighted by atomic mass is 32.2. The Hall–Kier alpha value is 0.220. The van der Waals surface area contributed by atoms with Crippen LogP contribution in [0.4, 0.5) is 0 Å². The van der Waals surface area contributed by atoms with Crippen molar-refractivity contribution in [1.82, 2.24) is 4.72 Å². The SMILES string of the molecule is CSCCCCCNS(N)(=O)=O. The minimum Gasteiger partial charge on any atom is -0.216 e. The average Bonchev–Trinajstić information content (AvgIpc) is 1.94. The molecule has 0 atom stereocenters. The van der Waals surface area contributed by atoms with Crippen LogP contribution in [0.25, 0.3) is 0 Å². The molecule has 0 spiro atoms. The zero-order valence-electron chi connectivity index (χ0n) is 7.25. The molecule has 0 aliphatic rings. The van der Waals surface area contributed by atoms with Gasteiger partial charge in [-0.2, -0.15) is 20.2 Å². The minimum atomic E-state index is -3.47. The molecule has 0 unspecified atom stereocenters. The monoisotopic (exact) mass is 212 g/mol. The largest absolute Gasteiger partial charge is 0.274 e. The standard InChI is InChI=1S/C6H16N2O2S2/c1-11-6-4-2-3-5-8-12(7,9)10/h8H,2-6H2,1H3,(H2,7,9,10). The van der Waals surface area contributed by atoms with Gasteiger partial charge in [-0.15, -0.1) is 0 Å². The molecule has 3 N–H and O–H groups in total. The van der Waals surface area contributed by atoms with E-state index in [2.05, 4.69) is 11.0 Å². The summed E-state index contributed by atoms with van der Waals surface area (Å²) in [5.74, 6) is 1.13. The highest BCUT2D eigenvalue weighted by Gasteiger charge is 1.98. The van der Waals surface area contributed by atoms with E-state index in [0.29, 0.717) is 6.54 Å². The van der Waals surface area contributed by atoms with E-state index in [9.17, 15) is 8.42 Å². The molecule has 6 heteroatoms. The molecule has 0 aromatic rings. The molecular formula is C6H16N2O2S2. The number of thioether (sulfide) groups is 1. The van der Waals surface area contributed by atoms with Crippen LogP contribution >= 0.6 is 11.8 Å². The summed E-state index contributed by atoms with van der Waals surface area (Å²) in [6, 6.07) is 0. The van der Waals surface area contributed by atoms with E-state index in [-0.39, 0.29) is 0 Å². The smallest absolute Gasteiger partial charge is 0.216 e. The summed E-state index contributed by atoms with van der Waals surface area (Å²) in [5, 5.41) is 4.73. The molecule has 0 aliphatic heterocycles. The molecule has 0 bridgehead atoms. The second-order valence-corrected chi connectivity index (χ2v) is 4.86. The number of unbranched alkanes of at least 4 members (excludes halogenated alkanes) is 2. The van der Waals surface area contributed by atoms with E-state index in [0.717, 1.165) is 25.0 Å². The lowest BCUT2D eigenvalue weighted by atomic mass is 10.2. The summed E-state index contributed by atoms with van der Waals surface area (Å²) in [4.78, 5) is 0. The molecule has 0 amide bonds. The Kier molecular flexibility index (Phi) is 6.83. The zero-order chi connectivity index (χ0) is 9.45. The van der Waals surface area contributed by atoms with E-state index in [1.54, 1.807) is 11.8 Å². The minimum absolute atomic E-state index is 0.452. The van der Waals surface area contributed by atoms with Gasteiger partial charge in [0.05, 0.1) is 0 Å². The number of hydrogen-bond acceptors (Lipinski definition) is 3. The summed E-state index contributed by atoms with van der Waals surface area (Å²) in [6.07, 6.45) is 5.09. The molecule has 0 fully saturated rings. The Bertz CT molecular complexity index is 192. The third-order valence-electron chi connectivity index (χ3n) is 1.33. The lowest BCUT2D eigenvalue weighted by Gasteiger charge is -2.00. The van der Waals surface area contributed by atoms with Crippen molar-refractivity contribution in [3.63, 3.8) is 0 Å². The van der Waals surface area contributed by atoms with Crippen LogP contribution in [0.3, 0.4) is 0 Å². The predicted octanol–water partition coefficient (Wildman–Crippen LogP) is 0.313. The number of nitrogens with two attached hydrogens (primary N) is 1. The Morgan fingerprint density at radius 1 is 1.33 bits per heavy atom. The van der Waals surface area contributed by atoms with Gasteiger partial charge in [-0.05, 0) is 24.9 Å². The Morgan fingerprint density at radius 2 is 2.00 bits per heavy atom. The van der Waals surface area contributed by atoms with Gasteiger partial charge in [0, 0.05) is 6.54 Å². The van der Waals surface area contributed by atoms with Gasteiger partial charge >= 0.3 is 0 Å². The van der Waals surface area contributed by atoms with Crippen molar-refractivity contribution in [2.24, 2.45) is 5.14 Å². The molecule has 0 rings (SSSR count). The van der Waals surface area contributed by atoms with Gasteiger partial charge in [-0.3, -0.25) is 0 Å². The van der Waals surface area contributed by atoms with Crippen molar-refractivity contribution in [3.05, 3.63) is 0 Å². The van der Waals surface area contributed by atoms with Gasteiger partial charge in [0.15, 0.2) is 0 Å². The molecule has 0 saturated carbocycles. The molecule has 4 nitrogen and oxygen atoms in total. The summed E-state index contributed by atoms with van der Waals surface area (Å²) < 4.78 is 23.0.